The molecule has 0 aliphatic heterocycles. The average Bonchev–Trinajstić information content (AvgIpc) is 2.29. The van der Waals surface area contributed by atoms with Gasteiger partial charge >= 0.3 is 0 Å². The molecule has 0 radical (unpaired) electrons. The first-order valence-electron chi connectivity index (χ1n) is 6.12. The molecule has 0 aromatic rings. The highest BCUT2D eigenvalue weighted by Crippen LogP contribution is 2.05. The van der Waals surface area contributed by atoms with Crippen LogP contribution in [0.1, 0.15) is 58.8 Å². The Morgan fingerprint density at radius 2 is 1.07 bits per heavy atom. The minimum Gasteiger partial charge on any atom is -0.394 e. The fourth-order valence-corrected chi connectivity index (χ4v) is 1.09. The van der Waals surface area contributed by atoms with Crippen molar-refractivity contribution < 1.29 is 15.3 Å². The van der Waals surface area contributed by atoms with Gasteiger partial charge in [-0.15, -0.1) is 0 Å². The first kappa shape index (κ1) is 17.3. The first-order chi connectivity index (χ1) is 7.22. The zero-order valence-corrected chi connectivity index (χ0v) is 10.3. The van der Waals surface area contributed by atoms with Crippen molar-refractivity contribution in [2.75, 3.05) is 13.2 Å². The van der Waals surface area contributed by atoms with E-state index in [1.54, 1.807) is 0 Å². The second kappa shape index (κ2) is 16.3. The van der Waals surface area contributed by atoms with Crippen molar-refractivity contribution >= 4 is 0 Å². The average molecular weight is 220 g/mol. The maximum absolute atomic E-state index is 8.17. The third kappa shape index (κ3) is 20.1. The lowest BCUT2D eigenvalue weighted by atomic mass is 10.1. The van der Waals surface area contributed by atoms with Crippen LogP contribution >= 0.6 is 0 Å². The Morgan fingerprint density at radius 3 is 1.27 bits per heavy atom. The fraction of sp³-hybridized carbons (Fsp3) is 1.00. The largest absolute Gasteiger partial charge is 0.394 e. The van der Waals surface area contributed by atoms with Crippen molar-refractivity contribution in [3.05, 3.63) is 0 Å². The molecule has 3 N–H and O–H groups in total. The number of hydrogen-bond donors (Lipinski definition) is 3. The topological polar surface area (TPSA) is 60.7 Å². The number of aliphatic hydroxyl groups excluding tert-OH is 3. The van der Waals surface area contributed by atoms with Crippen LogP contribution in [0, 0.1) is 0 Å². The second-order valence-corrected chi connectivity index (χ2v) is 3.79. The Hall–Kier alpha value is -0.120. The number of hydrogen-bond acceptors (Lipinski definition) is 3. The van der Waals surface area contributed by atoms with Crippen molar-refractivity contribution in [1.82, 2.24) is 0 Å². The standard InChI is InChI=1S/C9H20.C3H8O3/c1-3-5-7-9-8-6-4-2;4-1-3(6)2-5/h3-9H2,1-2H3;3-6H,1-2H2. The van der Waals surface area contributed by atoms with Gasteiger partial charge in [0.1, 0.15) is 6.10 Å². The van der Waals surface area contributed by atoms with E-state index in [9.17, 15) is 0 Å². The van der Waals surface area contributed by atoms with Gasteiger partial charge in [0.05, 0.1) is 13.2 Å². The summed E-state index contributed by atoms with van der Waals surface area (Å²) in [5.74, 6) is 0. The monoisotopic (exact) mass is 220 g/mol. The Labute approximate surface area is 94.1 Å². The van der Waals surface area contributed by atoms with Crippen LogP contribution < -0.4 is 0 Å². The smallest absolute Gasteiger partial charge is 0.100 e. The van der Waals surface area contributed by atoms with E-state index in [1.165, 1.54) is 44.9 Å². The molecule has 15 heavy (non-hydrogen) atoms. The minimum absolute atomic E-state index is 0.365. The van der Waals surface area contributed by atoms with Crippen LogP contribution in [0.4, 0.5) is 0 Å². The van der Waals surface area contributed by atoms with E-state index in [2.05, 4.69) is 13.8 Å². The molecule has 0 spiro atoms. The Morgan fingerprint density at radius 1 is 0.733 bits per heavy atom. The molecule has 3 heteroatoms. The zero-order chi connectivity index (χ0) is 11.9. The predicted molar refractivity (Wildman–Crippen MR) is 63.8 cm³/mol. The lowest BCUT2D eigenvalue weighted by molar-refractivity contribution is 0.0450. The maximum atomic E-state index is 8.17. The van der Waals surface area contributed by atoms with E-state index in [0.29, 0.717) is 0 Å². The summed E-state index contributed by atoms with van der Waals surface area (Å²) in [6.07, 6.45) is 9.02. The maximum Gasteiger partial charge on any atom is 0.100 e. The van der Waals surface area contributed by atoms with Crippen molar-refractivity contribution in [1.29, 1.82) is 0 Å². The van der Waals surface area contributed by atoms with Gasteiger partial charge in [0.15, 0.2) is 0 Å². The summed E-state index contributed by atoms with van der Waals surface area (Å²) in [5, 5.41) is 24.0. The lowest BCUT2D eigenvalue weighted by Gasteiger charge is -1.96. The number of aliphatic hydroxyl groups is 3. The van der Waals surface area contributed by atoms with Crippen molar-refractivity contribution in [2.45, 2.75) is 64.9 Å². The fourth-order valence-electron chi connectivity index (χ4n) is 1.09. The molecule has 0 fully saturated rings. The molecule has 0 heterocycles. The molecule has 0 bridgehead atoms. The van der Waals surface area contributed by atoms with Gasteiger partial charge in [-0.25, -0.2) is 0 Å². The van der Waals surface area contributed by atoms with Crippen LogP contribution in [-0.2, 0) is 0 Å². The molecule has 0 rings (SSSR count). The lowest BCUT2D eigenvalue weighted by Crippen LogP contribution is -2.15. The molecule has 0 aromatic carbocycles. The van der Waals surface area contributed by atoms with Crippen molar-refractivity contribution in [3.63, 3.8) is 0 Å². The molecule has 94 valence electrons. The quantitative estimate of drug-likeness (QED) is 0.549. The molecule has 0 saturated carbocycles. The van der Waals surface area contributed by atoms with E-state index in [0.717, 1.165) is 0 Å². The predicted octanol–water partition coefficient (Wildman–Crippen LogP) is 2.09. The molecule has 0 amide bonds. The van der Waals surface area contributed by atoms with Crippen LogP contribution in [0.5, 0.6) is 0 Å². The summed E-state index contributed by atoms with van der Waals surface area (Å²) >= 11 is 0. The van der Waals surface area contributed by atoms with Crippen LogP contribution in [0.3, 0.4) is 0 Å². The SMILES string of the molecule is CCCCCCCCC.OCC(O)CO. The molecule has 0 aliphatic rings. The van der Waals surface area contributed by atoms with Gasteiger partial charge in [0.25, 0.3) is 0 Å². The molecule has 0 aliphatic carbocycles. The minimum atomic E-state index is -0.954. The van der Waals surface area contributed by atoms with E-state index in [1.807, 2.05) is 0 Å². The number of rotatable bonds is 8. The number of unbranched alkanes of at least 4 members (excludes halogenated alkanes) is 6. The normalized spacial score (nSPS) is 10.0. The Bertz CT molecular complexity index is 86.9. The van der Waals surface area contributed by atoms with Gasteiger partial charge in [0.2, 0.25) is 0 Å². The molecule has 3 nitrogen and oxygen atoms in total. The van der Waals surface area contributed by atoms with Gasteiger partial charge in [-0.05, 0) is 0 Å². The third-order valence-electron chi connectivity index (χ3n) is 2.13. The van der Waals surface area contributed by atoms with Crippen LogP contribution in [0.25, 0.3) is 0 Å². The summed E-state index contributed by atoms with van der Waals surface area (Å²) in [6, 6.07) is 0. The van der Waals surface area contributed by atoms with Gasteiger partial charge in [0, 0.05) is 0 Å². The van der Waals surface area contributed by atoms with Crippen LogP contribution in [-0.4, -0.2) is 34.6 Å². The summed E-state index contributed by atoms with van der Waals surface area (Å²) in [6.45, 7) is 3.80. The van der Waals surface area contributed by atoms with Gasteiger partial charge in [-0.3, -0.25) is 0 Å². The molecule has 0 saturated heterocycles. The van der Waals surface area contributed by atoms with E-state index in [-0.39, 0.29) is 13.2 Å². The summed E-state index contributed by atoms with van der Waals surface area (Å²) in [4.78, 5) is 0. The van der Waals surface area contributed by atoms with Gasteiger partial charge in [-0.2, -0.15) is 0 Å². The zero-order valence-electron chi connectivity index (χ0n) is 10.3. The highest BCUT2D eigenvalue weighted by atomic mass is 16.3. The Kier molecular flexibility index (Phi) is 18.8. The highest BCUT2D eigenvalue weighted by molar-refractivity contribution is 4.44. The van der Waals surface area contributed by atoms with Crippen molar-refractivity contribution in [3.8, 4) is 0 Å². The molecular weight excluding hydrogens is 192 g/mol. The van der Waals surface area contributed by atoms with Gasteiger partial charge < -0.3 is 15.3 Å². The van der Waals surface area contributed by atoms with E-state index in [4.69, 9.17) is 15.3 Å². The van der Waals surface area contributed by atoms with Gasteiger partial charge in [-0.1, -0.05) is 58.8 Å². The summed E-state index contributed by atoms with van der Waals surface area (Å²) in [7, 11) is 0. The van der Waals surface area contributed by atoms with E-state index >= 15 is 0 Å². The molecule has 0 atom stereocenters. The van der Waals surface area contributed by atoms with Crippen LogP contribution in [0.15, 0.2) is 0 Å². The second-order valence-electron chi connectivity index (χ2n) is 3.79. The van der Waals surface area contributed by atoms with Crippen molar-refractivity contribution in [2.24, 2.45) is 0 Å². The highest BCUT2D eigenvalue weighted by Gasteiger charge is 1.93. The summed E-state index contributed by atoms with van der Waals surface area (Å²) in [5.41, 5.74) is 0. The molecule has 0 aromatic heterocycles. The van der Waals surface area contributed by atoms with Crippen LogP contribution in [0.2, 0.25) is 0 Å². The molecule has 0 unspecified atom stereocenters. The first-order valence-corrected chi connectivity index (χ1v) is 6.12. The summed E-state index contributed by atoms with van der Waals surface area (Å²) < 4.78 is 0. The Balaban J connectivity index is 0. The third-order valence-corrected chi connectivity index (χ3v) is 2.13. The van der Waals surface area contributed by atoms with E-state index < -0.39 is 6.10 Å². The molecular formula is C12H28O3.